The van der Waals surface area contributed by atoms with E-state index in [0.29, 0.717) is 29.2 Å². The molecule has 0 aliphatic carbocycles. The quantitative estimate of drug-likeness (QED) is 0.369. The second-order valence-electron chi connectivity index (χ2n) is 5.96. The van der Waals surface area contributed by atoms with E-state index >= 15 is 0 Å². The van der Waals surface area contributed by atoms with E-state index in [1.54, 1.807) is 35.9 Å². The normalized spacial score (nSPS) is 14.0. The molecule has 0 unspecified atom stereocenters. The molecule has 0 radical (unpaired) electrons. The van der Waals surface area contributed by atoms with Crippen LogP contribution in [-0.4, -0.2) is 15.8 Å². The molecule has 1 amide bonds. The molecule has 0 bridgehead atoms. The Morgan fingerprint density at radius 1 is 1.29 bits per heavy atom. The summed E-state index contributed by atoms with van der Waals surface area (Å²) in [6, 6.07) is 9.89. The van der Waals surface area contributed by atoms with Crippen LogP contribution >= 0.6 is 22.9 Å². The maximum absolute atomic E-state index is 12.3. The van der Waals surface area contributed by atoms with Crippen LogP contribution in [0.4, 0.5) is 11.4 Å². The Morgan fingerprint density at radius 3 is 2.75 bits per heavy atom. The van der Waals surface area contributed by atoms with Crippen LogP contribution in [0.1, 0.15) is 16.8 Å². The number of benzene rings is 2. The summed E-state index contributed by atoms with van der Waals surface area (Å²) < 4.78 is 5.66. The third kappa shape index (κ3) is 3.60. The lowest BCUT2D eigenvalue weighted by Gasteiger charge is -2.05. The highest BCUT2D eigenvalue weighted by molar-refractivity contribution is 7.07. The average Bonchev–Trinajstić information content (AvgIpc) is 3.28. The predicted molar refractivity (Wildman–Crippen MR) is 107 cm³/mol. The summed E-state index contributed by atoms with van der Waals surface area (Å²) in [5, 5.41) is 15.7. The van der Waals surface area contributed by atoms with Crippen LogP contribution in [0.25, 0.3) is 11.6 Å². The molecule has 1 aromatic heterocycles. The number of ether oxygens (including phenoxy) is 1. The van der Waals surface area contributed by atoms with Crippen molar-refractivity contribution in [2.45, 2.75) is 6.61 Å². The second kappa shape index (κ2) is 7.41. The number of thiazole rings is 1. The number of hydrogen-bond acceptors (Lipinski definition) is 6. The van der Waals surface area contributed by atoms with Crippen LogP contribution < -0.4 is 10.1 Å². The fourth-order valence-electron chi connectivity index (χ4n) is 2.78. The molecule has 2 aromatic carbocycles. The second-order valence-corrected chi connectivity index (χ2v) is 7.08. The number of nitrogens with one attached hydrogen (secondary N) is 1. The van der Waals surface area contributed by atoms with Crippen molar-refractivity contribution in [2.75, 3.05) is 5.32 Å². The van der Waals surface area contributed by atoms with Crippen molar-refractivity contribution in [3.05, 3.63) is 79.2 Å². The molecule has 0 atom stereocenters. The highest BCUT2D eigenvalue weighted by atomic mass is 35.5. The van der Waals surface area contributed by atoms with Gasteiger partial charge in [0.15, 0.2) is 0 Å². The molecule has 2 heterocycles. The number of hydrogen-bond donors (Lipinski definition) is 1. The van der Waals surface area contributed by atoms with E-state index in [9.17, 15) is 14.9 Å². The third-order valence-electron chi connectivity index (χ3n) is 4.13. The number of nitro benzene ring substituents is 1. The standard InChI is InChI=1S/C19H12ClN3O4S/c20-16-7-17-14(6-18(16)23(25)26)15(19(24)22-17)5-11-1-3-13(4-2-11)27-8-12-9-28-10-21-12/h1-7,9-10H,8H2,(H,22,24)/b15-5+. The number of halogens is 1. The molecule has 140 valence electrons. The van der Waals surface area contributed by atoms with Crippen LogP contribution in [0.3, 0.4) is 0 Å². The van der Waals surface area contributed by atoms with E-state index in [1.165, 1.54) is 23.5 Å². The van der Waals surface area contributed by atoms with E-state index in [-0.39, 0.29) is 16.6 Å². The lowest BCUT2D eigenvalue weighted by Crippen LogP contribution is -2.03. The molecule has 3 aromatic rings. The number of anilines is 1. The van der Waals surface area contributed by atoms with Crippen molar-refractivity contribution in [1.29, 1.82) is 0 Å². The van der Waals surface area contributed by atoms with E-state index in [4.69, 9.17) is 16.3 Å². The molecule has 4 rings (SSSR count). The zero-order valence-electron chi connectivity index (χ0n) is 14.2. The number of fused-ring (bicyclic) bond motifs is 1. The monoisotopic (exact) mass is 413 g/mol. The molecular formula is C19H12ClN3O4S. The minimum Gasteiger partial charge on any atom is -0.487 e. The first-order chi connectivity index (χ1) is 13.5. The Morgan fingerprint density at radius 2 is 2.07 bits per heavy atom. The van der Waals surface area contributed by atoms with E-state index in [0.717, 1.165) is 11.3 Å². The number of rotatable bonds is 5. The van der Waals surface area contributed by atoms with Crippen LogP contribution in [0.2, 0.25) is 5.02 Å². The van der Waals surface area contributed by atoms with Crippen molar-refractivity contribution < 1.29 is 14.5 Å². The lowest BCUT2D eigenvalue weighted by molar-refractivity contribution is -0.384. The Hall–Kier alpha value is -3.23. The fraction of sp³-hybridized carbons (Fsp3) is 0.0526. The summed E-state index contributed by atoms with van der Waals surface area (Å²) in [5.41, 5.74) is 4.36. The molecule has 28 heavy (non-hydrogen) atoms. The van der Waals surface area contributed by atoms with Gasteiger partial charge in [-0.2, -0.15) is 0 Å². The van der Waals surface area contributed by atoms with Gasteiger partial charge in [-0.1, -0.05) is 23.7 Å². The molecule has 0 fully saturated rings. The number of aromatic nitrogens is 1. The van der Waals surface area contributed by atoms with Crippen molar-refractivity contribution in [3.8, 4) is 5.75 Å². The third-order valence-corrected chi connectivity index (χ3v) is 5.07. The maximum atomic E-state index is 12.3. The summed E-state index contributed by atoms with van der Waals surface area (Å²) in [6.45, 7) is 0.379. The summed E-state index contributed by atoms with van der Waals surface area (Å²) in [6.07, 6.45) is 1.67. The van der Waals surface area contributed by atoms with Gasteiger partial charge in [-0.05, 0) is 29.8 Å². The largest absolute Gasteiger partial charge is 0.487 e. The number of nitro groups is 1. The summed E-state index contributed by atoms with van der Waals surface area (Å²) >= 11 is 7.42. The van der Waals surface area contributed by atoms with Gasteiger partial charge >= 0.3 is 0 Å². The highest BCUT2D eigenvalue weighted by Gasteiger charge is 2.28. The van der Waals surface area contributed by atoms with Gasteiger partial charge in [-0.15, -0.1) is 11.3 Å². The minimum absolute atomic E-state index is 0.0214. The molecular weight excluding hydrogens is 402 g/mol. The first kappa shape index (κ1) is 18.1. The Kier molecular flexibility index (Phi) is 4.81. The Balaban J connectivity index is 1.58. The Bertz CT molecular complexity index is 1100. The molecule has 7 nitrogen and oxygen atoms in total. The van der Waals surface area contributed by atoms with Gasteiger partial charge in [-0.25, -0.2) is 4.98 Å². The molecule has 0 saturated heterocycles. The minimum atomic E-state index is -0.572. The van der Waals surface area contributed by atoms with E-state index in [1.807, 2.05) is 5.38 Å². The zero-order chi connectivity index (χ0) is 19.7. The average molecular weight is 414 g/mol. The first-order valence-electron chi connectivity index (χ1n) is 8.12. The smallest absolute Gasteiger partial charge is 0.288 e. The SMILES string of the molecule is O=C1Nc2cc(Cl)c([N+](=O)[O-])cc2/C1=C\c1ccc(OCc2cscn2)cc1. The topological polar surface area (TPSA) is 94.4 Å². The molecule has 1 aliphatic heterocycles. The van der Waals surface area contributed by atoms with Gasteiger partial charge in [0.1, 0.15) is 17.4 Å². The molecule has 0 spiro atoms. The van der Waals surface area contributed by atoms with Crippen LogP contribution in [0, 0.1) is 10.1 Å². The molecule has 0 saturated carbocycles. The number of nitrogens with zero attached hydrogens (tertiary/aromatic N) is 2. The number of amides is 1. The lowest BCUT2D eigenvalue weighted by atomic mass is 10.0. The molecule has 1 aliphatic rings. The van der Waals surface area contributed by atoms with E-state index in [2.05, 4.69) is 10.3 Å². The van der Waals surface area contributed by atoms with Gasteiger partial charge in [0, 0.05) is 22.6 Å². The number of carbonyl (C=O) groups excluding carboxylic acids is 1. The highest BCUT2D eigenvalue weighted by Crippen LogP contribution is 2.39. The van der Waals surface area contributed by atoms with E-state index < -0.39 is 4.92 Å². The van der Waals surface area contributed by atoms with Crippen molar-refractivity contribution in [1.82, 2.24) is 4.98 Å². The van der Waals surface area contributed by atoms with Gasteiger partial charge in [0.05, 0.1) is 21.8 Å². The number of carbonyl (C=O) groups is 1. The molecule has 9 heteroatoms. The molecule has 1 N–H and O–H groups in total. The Labute approximate surface area is 168 Å². The van der Waals surface area contributed by atoms with Crippen LogP contribution in [0.5, 0.6) is 5.75 Å². The summed E-state index contributed by atoms with van der Waals surface area (Å²) in [5.74, 6) is 0.337. The van der Waals surface area contributed by atoms with Gasteiger partial charge in [0.25, 0.3) is 11.6 Å². The van der Waals surface area contributed by atoms with Gasteiger partial charge in [-0.3, -0.25) is 14.9 Å². The maximum Gasteiger partial charge on any atom is 0.288 e. The van der Waals surface area contributed by atoms with Crippen LogP contribution in [-0.2, 0) is 11.4 Å². The predicted octanol–water partition coefficient (Wildman–Crippen LogP) is 4.78. The first-order valence-corrected chi connectivity index (χ1v) is 9.44. The summed E-state index contributed by atoms with van der Waals surface area (Å²) in [4.78, 5) is 27.0. The van der Waals surface area contributed by atoms with Crippen molar-refractivity contribution >= 4 is 51.9 Å². The van der Waals surface area contributed by atoms with Crippen LogP contribution in [0.15, 0.2) is 47.3 Å². The fourth-order valence-corrected chi connectivity index (χ4v) is 3.55. The van der Waals surface area contributed by atoms with Crippen molar-refractivity contribution in [2.24, 2.45) is 0 Å². The zero-order valence-corrected chi connectivity index (χ0v) is 15.8. The van der Waals surface area contributed by atoms with Gasteiger partial charge < -0.3 is 10.1 Å². The van der Waals surface area contributed by atoms with Gasteiger partial charge in [0.2, 0.25) is 0 Å². The van der Waals surface area contributed by atoms with Crippen molar-refractivity contribution in [3.63, 3.8) is 0 Å². The summed E-state index contributed by atoms with van der Waals surface area (Å²) in [7, 11) is 0.